The third-order valence-corrected chi connectivity index (χ3v) is 2.90. The summed E-state index contributed by atoms with van der Waals surface area (Å²) in [6.45, 7) is 0.540. The number of nitrogen functional groups attached to an aromatic ring is 1. The monoisotopic (exact) mass is 266 g/mol. The molecule has 0 atom stereocenters. The predicted molar refractivity (Wildman–Crippen MR) is 77.9 cm³/mol. The molecule has 0 aliphatic heterocycles. The molecule has 0 aliphatic carbocycles. The van der Waals surface area contributed by atoms with E-state index < -0.39 is 5.91 Å². The molecule has 2 aromatic rings. The lowest BCUT2D eigenvalue weighted by molar-refractivity contribution is 0.100. The van der Waals surface area contributed by atoms with Gasteiger partial charge in [0.1, 0.15) is 0 Å². The molecular formula is C15H14N4O. The Labute approximate surface area is 116 Å². The fourth-order valence-corrected chi connectivity index (χ4v) is 1.76. The van der Waals surface area contributed by atoms with E-state index in [2.05, 4.69) is 11.4 Å². The Morgan fingerprint density at radius 3 is 2.50 bits per heavy atom. The van der Waals surface area contributed by atoms with Crippen LogP contribution in [0.3, 0.4) is 0 Å². The second-order valence-corrected chi connectivity index (χ2v) is 4.33. The molecule has 0 aromatic heterocycles. The van der Waals surface area contributed by atoms with Crippen molar-refractivity contribution in [3.05, 3.63) is 59.2 Å². The van der Waals surface area contributed by atoms with Crippen molar-refractivity contribution in [1.82, 2.24) is 0 Å². The highest BCUT2D eigenvalue weighted by atomic mass is 16.1. The van der Waals surface area contributed by atoms with E-state index in [0.717, 1.165) is 5.56 Å². The average Bonchev–Trinajstić information content (AvgIpc) is 2.46. The minimum Gasteiger partial charge on any atom is -0.397 e. The first kappa shape index (κ1) is 13.4. The molecule has 0 unspecified atom stereocenters. The number of benzene rings is 2. The van der Waals surface area contributed by atoms with Crippen LogP contribution in [0.4, 0.5) is 11.4 Å². The van der Waals surface area contributed by atoms with E-state index in [4.69, 9.17) is 16.7 Å². The molecule has 2 rings (SSSR count). The molecule has 1 amide bonds. The molecular weight excluding hydrogens is 252 g/mol. The van der Waals surface area contributed by atoms with Gasteiger partial charge in [0.05, 0.1) is 23.0 Å². The first-order valence-corrected chi connectivity index (χ1v) is 6.02. The van der Waals surface area contributed by atoms with Gasteiger partial charge in [-0.05, 0) is 35.9 Å². The number of anilines is 2. The fraction of sp³-hybridized carbons (Fsp3) is 0.0667. The van der Waals surface area contributed by atoms with E-state index in [1.807, 2.05) is 12.1 Å². The van der Waals surface area contributed by atoms with Gasteiger partial charge in [-0.3, -0.25) is 4.79 Å². The van der Waals surface area contributed by atoms with E-state index >= 15 is 0 Å². The van der Waals surface area contributed by atoms with Gasteiger partial charge in [0.2, 0.25) is 5.91 Å². The molecule has 0 spiro atoms. The van der Waals surface area contributed by atoms with Crippen molar-refractivity contribution in [1.29, 1.82) is 5.26 Å². The maximum Gasteiger partial charge on any atom is 0.248 e. The number of nitrogens with one attached hydrogen (secondary N) is 1. The van der Waals surface area contributed by atoms with Crippen LogP contribution in [-0.4, -0.2) is 5.91 Å². The number of amides is 1. The van der Waals surface area contributed by atoms with Crippen LogP contribution in [0.1, 0.15) is 21.5 Å². The first-order chi connectivity index (χ1) is 9.60. The van der Waals surface area contributed by atoms with Crippen molar-refractivity contribution in [2.24, 2.45) is 5.73 Å². The number of rotatable bonds is 4. The Morgan fingerprint density at radius 2 is 1.90 bits per heavy atom. The number of carbonyl (C=O) groups is 1. The Hall–Kier alpha value is -3.00. The highest BCUT2D eigenvalue weighted by molar-refractivity contribution is 5.94. The first-order valence-electron chi connectivity index (χ1n) is 6.02. The summed E-state index contributed by atoms with van der Waals surface area (Å²) in [6.07, 6.45) is 0. The van der Waals surface area contributed by atoms with Gasteiger partial charge < -0.3 is 16.8 Å². The summed E-state index contributed by atoms with van der Waals surface area (Å²) in [4.78, 5) is 11.1. The molecule has 0 aliphatic rings. The molecule has 5 heteroatoms. The number of nitrogens with zero attached hydrogens (tertiary/aromatic N) is 1. The zero-order valence-corrected chi connectivity index (χ0v) is 10.8. The van der Waals surface area contributed by atoms with Gasteiger partial charge in [0.15, 0.2) is 0 Å². The number of hydrogen-bond acceptors (Lipinski definition) is 4. The number of carbonyl (C=O) groups excluding carboxylic acids is 1. The lowest BCUT2D eigenvalue weighted by Crippen LogP contribution is -2.12. The predicted octanol–water partition coefficient (Wildman–Crippen LogP) is 1.85. The second-order valence-electron chi connectivity index (χ2n) is 4.33. The Morgan fingerprint density at radius 1 is 1.20 bits per heavy atom. The van der Waals surface area contributed by atoms with Crippen molar-refractivity contribution in [2.75, 3.05) is 11.1 Å². The summed E-state index contributed by atoms with van der Waals surface area (Å²) in [5.74, 6) is -0.494. The van der Waals surface area contributed by atoms with Crippen LogP contribution in [0.15, 0.2) is 42.5 Å². The SMILES string of the molecule is N#Cc1ccc(CNc2cc(C(N)=O)ccc2N)cc1. The fourth-order valence-electron chi connectivity index (χ4n) is 1.76. The molecule has 5 nitrogen and oxygen atoms in total. The Bertz CT molecular complexity index is 671. The Balaban J connectivity index is 2.12. The van der Waals surface area contributed by atoms with Crippen molar-refractivity contribution in [3.8, 4) is 6.07 Å². The molecule has 0 saturated heterocycles. The lowest BCUT2D eigenvalue weighted by Gasteiger charge is -2.10. The summed E-state index contributed by atoms with van der Waals surface area (Å²) in [6, 6.07) is 14.1. The second kappa shape index (κ2) is 5.76. The maximum atomic E-state index is 11.1. The zero-order valence-electron chi connectivity index (χ0n) is 10.8. The molecule has 0 radical (unpaired) electrons. The van der Waals surface area contributed by atoms with Gasteiger partial charge in [-0.15, -0.1) is 0 Å². The van der Waals surface area contributed by atoms with Crippen LogP contribution >= 0.6 is 0 Å². The normalized spacial score (nSPS) is 9.75. The zero-order chi connectivity index (χ0) is 14.5. The number of nitriles is 1. The molecule has 5 N–H and O–H groups in total. The molecule has 0 bridgehead atoms. The van der Waals surface area contributed by atoms with Gasteiger partial charge in [-0.25, -0.2) is 0 Å². The topological polar surface area (TPSA) is 105 Å². The summed E-state index contributed by atoms with van der Waals surface area (Å²) in [5.41, 5.74) is 14.3. The summed E-state index contributed by atoms with van der Waals surface area (Å²) >= 11 is 0. The average molecular weight is 266 g/mol. The molecule has 2 aromatic carbocycles. The highest BCUT2D eigenvalue weighted by Gasteiger charge is 2.05. The Kier molecular flexibility index (Phi) is 3.87. The van der Waals surface area contributed by atoms with E-state index in [1.54, 1.807) is 30.3 Å². The minimum atomic E-state index is -0.494. The highest BCUT2D eigenvalue weighted by Crippen LogP contribution is 2.20. The standard InChI is InChI=1S/C15H14N4O/c16-8-10-1-3-11(4-2-10)9-19-14-7-12(15(18)20)5-6-13(14)17/h1-7,19H,9,17H2,(H2,18,20). The van der Waals surface area contributed by atoms with Crippen molar-refractivity contribution in [3.63, 3.8) is 0 Å². The molecule has 100 valence electrons. The molecule has 0 saturated carbocycles. The van der Waals surface area contributed by atoms with Gasteiger partial charge in [-0.1, -0.05) is 12.1 Å². The largest absolute Gasteiger partial charge is 0.397 e. The molecule has 0 heterocycles. The van der Waals surface area contributed by atoms with Crippen molar-refractivity contribution >= 4 is 17.3 Å². The van der Waals surface area contributed by atoms with Crippen LogP contribution in [0.5, 0.6) is 0 Å². The van der Waals surface area contributed by atoms with Crippen LogP contribution in [0, 0.1) is 11.3 Å². The van der Waals surface area contributed by atoms with Crippen molar-refractivity contribution < 1.29 is 4.79 Å². The van der Waals surface area contributed by atoms with Gasteiger partial charge in [0, 0.05) is 12.1 Å². The lowest BCUT2D eigenvalue weighted by atomic mass is 10.1. The molecule has 20 heavy (non-hydrogen) atoms. The molecule has 0 fully saturated rings. The van der Waals surface area contributed by atoms with Gasteiger partial charge in [0.25, 0.3) is 0 Å². The summed E-state index contributed by atoms with van der Waals surface area (Å²) < 4.78 is 0. The number of hydrogen-bond donors (Lipinski definition) is 3. The van der Waals surface area contributed by atoms with Crippen LogP contribution in [-0.2, 0) is 6.54 Å². The third-order valence-electron chi connectivity index (χ3n) is 2.90. The van der Waals surface area contributed by atoms with E-state index in [1.165, 1.54) is 0 Å². The minimum absolute atomic E-state index is 0.404. The van der Waals surface area contributed by atoms with E-state index in [0.29, 0.717) is 29.0 Å². The van der Waals surface area contributed by atoms with Crippen molar-refractivity contribution in [2.45, 2.75) is 6.54 Å². The smallest absolute Gasteiger partial charge is 0.248 e. The maximum absolute atomic E-state index is 11.1. The summed E-state index contributed by atoms with van der Waals surface area (Å²) in [7, 11) is 0. The summed E-state index contributed by atoms with van der Waals surface area (Å²) in [5, 5.41) is 11.9. The quantitative estimate of drug-likeness (QED) is 0.734. The van der Waals surface area contributed by atoms with Crippen LogP contribution < -0.4 is 16.8 Å². The third kappa shape index (κ3) is 3.06. The number of nitrogens with two attached hydrogens (primary N) is 2. The van der Waals surface area contributed by atoms with Gasteiger partial charge in [-0.2, -0.15) is 5.26 Å². The van der Waals surface area contributed by atoms with Crippen LogP contribution in [0.25, 0.3) is 0 Å². The van der Waals surface area contributed by atoms with E-state index in [9.17, 15) is 4.79 Å². The van der Waals surface area contributed by atoms with Crippen LogP contribution in [0.2, 0.25) is 0 Å². The van der Waals surface area contributed by atoms with E-state index in [-0.39, 0.29) is 0 Å². The van der Waals surface area contributed by atoms with Gasteiger partial charge >= 0.3 is 0 Å². The number of primary amides is 1.